The zero-order valence-electron chi connectivity index (χ0n) is 13.5. The van der Waals surface area contributed by atoms with Crippen molar-refractivity contribution in [2.45, 2.75) is 39.7 Å². The molecule has 0 aromatic heterocycles. The van der Waals surface area contributed by atoms with Gasteiger partial charge in [0.15, 0.2) is 0 Å². The number of rotatable bonds is 4. The van der Waals surface area contributed by atoms with Crippen LogP contribution in [0.3, 0.4) is 0 Å². The Morgan fingerprint density at radius 2 is 2.09 bits per heavy atom. The first-order chi connectivity index (χ1) is 10.5. The molecule has 1 aromatic carbocycles. The first-order valence-corrected chi connectivity index (χ1v) is 7.90. The molecule has 1 atom stereocenters. The predicted molar refractivity (Wildman–Crippen MR) is 88.0 cm³/mol. The van der Waals surface area contributed by atoms with E-state index in [9.17, 15) is 9.59 Å². The lowest BCUT2D eigenvalue weighted by molar-refractivity contribution is -0.120. The molecule has 1 aliphatic heterocycles. The standard InChI is InChI=1S/C17H25N3O2/c1-11(2)19-17(22)15-9-14(7-6-12(15)3)20-16(21)13-5-4-8-18-10-13/h6-7,9,11,13,18H,4-5,8,10H2,1-3H3,(H,19,22)(H,20,21). The van der Waals surface area contributed by atoms with Crippen LogP contribution in [0, 0.1) is 12.8 Å². The van der Waals surface area contributed by atoms with Crippen LogP contribution in [0.15, 0.2) is 18.2 Å². The summed E-state index contributed by atoms with van der Waals surface area (Å²) in [6.45, 7) is 7.45. The molecule has 0 radical (unpaired) electrons. The van der Waals surface area contributed by atoms with Crippen molar-refractivity contribution in [1.82, 2.24) is 10.6 Å². The van der Waals surface area contributed by atoms with Crippen LogP contribution in [-0.2, 0) is 4.79 Å². The fourth-order valence-electron chi connectivity index (χ4n) is 2.60. The molecule has 5 heteroatoms. The monoisotopic (exact) mass is 303 g/mol. The summed E-state index contributed by atoms with van der Waals surface area (Å²) in [5, 5.41) is 9.05. The van der Waals surface area contributed by atoms with Crippen LogP contribution >= 0.6 is 0 Å². The number of piperidine rings is 1. The van der Waals surface area contributed by atoms with Gasteiger partial charge in [-0.2, -0.15) is 0 Å². The number of benzene rings is 1. The van der Waals surface area contributed by atoms with Crippen molar-refractivity contribution in [1.29, 1.82) is 0 Å². The minimum Gasteiger partial charge on any atom is -0.350 e. The lowest BCUT2D eigenvalue weighted by Crippen LogP contribution is -2.37. The van der Waals surface area contributed by atoms with Gasteiger partial charge in [-0.05, 0) is 57.9 Å². The summed E-state index contributed by atoms with van der Waals surface area (Å²) in [6, 6.07) is 5.54. The lowest BCUT2D eigenvalue weighted by atomic mass is 9.98. The first-order valence-electron chi connectivity index (χ1n) is 7.90. The third kappa shape index (κ3) is 4.31. The molecule has 0 bridgehead atoms. The van der Waals surface area contributed by atoms with E-state index in [-0.39, 0.29) is 23.8 Å². The van der Waals surface area contributed by atoms with Crippen molar-refractivity contribution in [3.63, 3.8) is 0 Å². The summed E-state index contributed by atoms with van der Waals surface area (Å²) in [5.74, 6) is -0.0859. The van der Waals surface area contributed by atoms with Crippen LogP contribution in [0.2, 0.25) is 0 Å². The molecule has 120 valence electrons. The highest BCUT2D eigenvalue weighted by Gasteiger charge is 2.21. The lowest BCUT2D eigenvalue weighted by Gasteiger charge is -2.22. The highest BCUT2D eigenvalue weighted by molar-refractivity contribution is 5.98. The number of carbonyl (C=O) groups is 2. The second kappa shape index (κ2) is 7.40. The van der Waals surface area contributed by atoms with Gasteiger partial charge in [0.25, 0.3) is 5.91 Å². The van der Waals surface area contributed by atoms with Gasteiger partial charge < -0.3 is 16.0 Å². The van der Waals surface area contributed by atoms with Crippen molar-refractivity contribution in [2.24, 2.45) is 5.92 Å². The second-order valence-electron chi connectivity index (χ2n) is 6.19. The Morgan fingerprint density at radius 1 is 1.32 bits per heavy atom. The van der Waals surface area contributed by atoms with Crippen LogP contribution in [0.25, 0.3) is 0 Å². The third-order valence-electron chi connectivity index (χ3n) is 3.84. The quantitative estimate of drug-likeness (QED) is 0.797. The average molecular weight is 303 g/mol. The Labute approximate surface area is 131 Å². The fourth-order valence-corrected chi connectivity index (χ4v) is 2.60. The van der Waals surface area contributed by atoms with Crippen molar-refractivity contribution < 1.29 is 9.59 Å². The summed E-state index contributed by atoms with van der Waals surface area (Å²) in [6.07, 6.45) is 1.93. The van der Waals surface area contributed by atoms with Gasteiger partial charge in [-0.15, -0.1) is 0 Å². The molecule has 0 aliphatic carbocycles. The zero-order valence-corrected chi connectivity index (χ0v) is 13.5. The van der Waals surface area contributed by atoms with Gasteiger partial charge in [-0.3, -0.25) is 9.59 Å². The molecule has 3 N–H and O–H groups in total. The number of nitrogens with one attached hydrogen (secondary N) is 3. The average Bonchev–Trinajstić information content (AvgIpc) is 2.49. The van der Waals surface area contributed by atoms with Gasteiger partial charge in [-0.25, -0.2) is 0 Å². The molecular formula is C17H25N3O2. The number of amides is 2. The summed E-state index contributed by atoms with van der Waals surface area (Å²) in [5.41, 5.74) is 2.18. The van der Waals surface area contributed by atoms with Crippen LogP contribution in [0.4, 0.5) is 5.69 Å². The maximum atomic E-state index is 12.3. The van der Waals surface area contributed by atoms with Gasteiger partial charge in [0, 0.05) is 23.8 Å². The Kier molecular flexibility index (Phi) is 5.55. The normalized spacial score (nSPS) is 18.1. The number of hydrogen-bond donors (Lipinski definition) is 3. The minimum atomic E-state index is -0.108. The van der Waals surface area contributed by atoms with E-state index < -0.39 is 0 Å². The van der Waals surface area contributed by atoms with Crippen molar-refractivity contribution in [3.05, 3.63) is 29.3 Å². The highest BCUT2D eigenvalue weighted by Crippen LogP contribution is 2.18. The largest absolute Gasteiger partial charge is 0.350 e. The fraction of sp³-hybridized carbons (Fsp3) is 0.529. The molecule has 1 unspecified atom stereocenters. The van der Waals surface area contributed by atoms with Gasteiger partial charge >= 0.3 is 0 Å². The maximum Gasteiger partial charge on any atom is 0.251 e. The molecule has 1 aromatic rings. The van der Waals surface area contributed by atoms with Gasteiger partial charge in [0.2, 0.25) is 5.91 Å². The SMILES string of the molecule is Cc1ccc(NC(=O)C2CCCNC2)cc1C(=O)NC(C)C. The minimum absolute atomic E-state index is 0.00277. The molecule has 1 heterocycles. The molecule has 1 fully saturated rings. The Hall–Kier alpha value is -1.88. The van der Waals surface area contributed by atoms with Crippen LogP contribution in [0.5, 0.6) is 0 Å². The first kappa shape index (κ1) is 16.5. The smallest absolute Gasteiger partial charge is 0.251 e. The summed E-state index contributed by atoms with van der Waals surface area (Å²) in [4.78, 5) is 24.4. The van der Waals surface area contributed by atoms with Crippen LogP contribution < -0.4 is 16.0 Å². The van der Waals surface area contributed by atoms with E-state index in [2.05, 4.69) is 16.0 Å². The van der Waals surface area contributed by atoms with Crippen molar-refractivity contribution in [2.75, 3.05) is 18.4 Å². The molecule has 1 saturated heterocycles. The van der Waals surface area contributed by atoms with E-state index in [1.165, 1.54) is 0 Å². The Morgan fingerprint density at radius 3 is 2.73 bits per heavy atom. The van der Waals surface area contributed by atoms with E-state index in [1.807, 2.05) is 32.9 Å². The third-order valence-corrected chi connectivity index (χ3v) is 3.84. The van der Waals surface area contributed by atoms with Gasteiger partial charge in [-0.1, -0.05) is 6.07 Å². The molecule has 2 rings (SSSR count). The van der Waals surface area contributed by atoms with Crippen molar-refractivity contribution >= 4 is 17.5 Å². The van der Waals surface area contributed by atoms with E-state index in [0.717, 1.165) is 31.5 Å². The van der Waals surface area contributed by atoms with E-state index in [4.69, 9.17) is 0 Å². The van der Waals surface area contributed by atoms with Gasteiger partial charge in [0.1, 0.15) is 0 Å². The topological polar surface area (TPSA) is 70.2 Å². The molecular weight excluding hydrogens is 278 g/mol. The molecule has 0 spiro atoms. The summed E-state index contributed by atoms with van der Waals surface area (Å²) >= 11 is 0. The molecule has 5 nitrogen and oxygen atoms in total. The number of anilines is 1. The van der Waals surface area contributed by atoms with E-state index in [0.29, 0.717) is 11.3 Å². The second-order valence-corrected chi connectivity index (χ2v) is 6.19. The van der Waals surface area contributed by atoms with Crippen molar-refractivity contribution in [3.8, 4) is 0 Å². The molecule has 0 saturated carbocycles. The number of hydrogen-bond acceptors (Lipinski definition) is 3. The predicted octanol–water partition coefficient (Wildman–Crippen LogP) is 2.07. The van der Waals surface area contributed by atoms with Crippen LogP contribution in [-0.4, -0.2) is 30.9 Å². The maximum absolute atomic E-state index is 12.3. The Bertz CT molecular complexity index is 549. The molecule has 22 heavy (non-hydrogen) atoms. The summed E-state index contributed by atoms with van der Waals surface area (Å²) < 4.78 is 0. The highest BCUT2D eigenvalue weighted by atomic mass is 16.2. The van der Waals surface area contributed by atoms with E-state index >= 15 is 0 Å². The zero-order chi connectivity index (χ0) is 16.1. The van der Waals surface area contributed by atoms with Gasteiger partial charge in [0.05, 0.1) is 5.92 Å². The Balaban J connectivity index is 2.08. The number of aryl methyl sites for hydroxylation is 1. The van der Waals surface area contributed by atoms with Crippen LogP contribution in [0.1, 0.15) is 42.6 Å². The molecule has 1 aliphatic rings. The number of carbonyl (C=O) groups excluding carboxylic acids is 2. The summed E-state index contributed by atoms with van der Waals surface area (Å²) in [7, 11) is 0. The van der Waals surface area contributed by atoms with E-state index in [1.54, 1.807) is 6.07 Å². The molecule has 2 amide bonds.